The summed E-state index contributed by atoms with van der Waals surface area (Å²) in [5, 5.41) is 12.3. The maximum absolute atomic E-state index is 12.7. The molecule has 0 aliphatic carbocycles. The minimum absolute atomic E-state index is 0.163. The molecule has 134 valence electrons. The lowest BCUT2D eigenvalue weighted by molar-refractivity contribution is -0.151. The van der Waals surface area contributed by atoms with Gasteiger partial charge in [-0.05, 0) is 56.0 Å². The monoisotopic (exact) mass is 351 g/mol. The lowest BCUT2D eigenvalue weighted by Crippen LogP contribution is -2.66. The van der Waals surface area contributed by atoms with Crippen molar-refractivity contribution in [1.29, 1.82) is 0 Å². The van der Waals surface area contributed by atoms with Crippen molar-refractivity contribution in [3.8, 4) is 11.3 Å². The van der Waals surface area contributed by atoms with Gasteiger partial charge in [0, 0.05) is 29.5 Å². The van der Waals surface area contributed by atoms with Crippen molar-refractivity contribution in [1.82, 2.24) is 9.88 Å². The number of urea groups is 1. The van der Waals surface area contributed by atoms with Crippen LogP contribution in [0.2, 0.25) is 0 Å². The molecule has 3 atom stereocenters. The zero-order valence-corrected chi connectivity index (χ0v) is 14.6. The Morgan fingerprint density at radius 2 is 2.08 bits per heavy atom. The van der Waals surface area contributed by atoms with Crippen molar-refractivity contribution in [3.63, 3.8) is 0 Å². The Morgan fingerprint density at radius 1 is 1.23 bits per heavy atom. The fourth-order valence-corrected chi connectivity index (χ4v) is 4.11. The van der Waals surface area contributed by atoms with Gasteiger partial charge in [-0.1, -0.05) is 12.1 Å². The van der Waals surface area contributed by atoms with Crippen LogP contribution in [0.5, 0.6) is 0 Å². The first kappa shape index (κ1) is 16.6. The SMILES string of the molecule is Cc1ccc(NC(=O)N2C3CCC(C(=O)O)C2C3)cc1-c1ccccn1. The molecule has 3 heterocycles. The van der Waals surface area contributed by atoms with Gasteiger partial charge in [0.15, 0.2) is 0 Å². The molecule has 0 spiro atoms. The summed E-state index contributed by atoms with van der Waals surface area (Å²) < 4.78 is 0. The Labute approximate surface area is 151 Å². The van der Waals surface area contributed by atoms with Crippen molar-refractivity contribution in [3.05, 3.63) is 48.2 Å². The molecule has 6 heteroatoms. The lowest BCUT2D eigenvalue weighted by atomic mass is 9.72. The minimum atomic E-state index is -0.807. The Hall–Kier alpha value is -2.89. The number of nitrogens with zero attached hydrogens (tertiary/aromatic N) is 2. The van der Waals surface area contributed by atoms with E-state index in [4.69, 9.17) is 0 Å². The van der Waals surface area contributed by atoms with Gasteiger partial charge in [0.25, 0.3) is 0 Å². The number of carboxylic acids is 1. The lowest BCUT2D eigenvalue weighted by Gasteiger charge is -2.55. The van der Waals surface area contributed by atoms with E-state index in [0.717, 1.165) is 29.7 Å². The van der Waals surface area contributed by atoms with Crippen LogP contribution < -0.4 is 5.32 Å². The van der Waals surface area contributed by atoms with Crippen LogP contribution in [-0.2, 0) is 4.79 Å². The van der Waals surface area contributed by atoms with Gasteiger partial charge in [0.05, 0.1) is 11.6 Å². The normalized spacial score (nSPS) is 23.9. The van der Waals surface area contributed by atoms with E-state index in [1.54, 1.807) is 11.1 Å². The van der Waals surface area contributed by atoms with E-state index in [9.17, 15) is 14.7 Å². The molecule has 2 N–H and O–H groups in total. The van der Waals surface area contributed by atoms with Crippen LogP contribution in [0.4, 0.5) is 10.5 Å². The number of carbonyl (C=O) groups is 2. The number of aryl methyl sites for hydroxylation is 1. The highest BCUT2D eigenvalue weighted by Crippen LogP contribution is 2.42. The Balaban J connectivity index is 1.53. The van der Waals surface area contributed by atoms with Crippen LogP contribution in [-0.4, -0.2) is 39.1 Å². The second-order valence-corrected chi connectivity index (χ2v) is 7.06. The van der Waals surface area contributed by atoms with Gasteiger partial charge in [0.2, 0.25) is 0 Å². The van der Waals surface area contributed by atoms with Gasteiger partial charge in [-0.25, -0.2) is 4.79 Å². The van der Waals surface area contributed by atoms with E-state index in [-0.39, 0.29) is 18.1 Å². The Morgan fingerprint density at radius 3 is 2.77 bits per heavy atom. The molecule has 26 heavy (non-hydrogen) atoms. The average Bonchev–Trinajstić information content (AvgIpc) is 2.63. The van der Waals surface area contributed by atoms with E-state index >= 15 is 0 Å². The molecule has 2 amide bonds. The molecule has 1 aromatic heterocycles. The summed E-state index contributed by atoms with van der Waals surface area (Å²) in [7, 11) is 0. The van der Waals surface area contributed by atoms with Crippen molar-refractivity contribution in [2.45, 2.75) is 38.3 Å². The van der Waals surface area contributed by atoms with Crippen LogP contribution in [0.1, 0.15) is 24.8 Å². The van der Waals surface area contributed by atoms with Gasteiger partial charge in [0.1, 0.15) is 0 Å². The molecule has 4 rings (SSSR count). The second kappa shape index (κ2) is 6.44. The van der Waals surface area contributed by atoms with Gasteiger partial charge in [-0.2, -0.15) is 0 Å². The zero-order valence-electron chi connectivity index (χ0n) is 14.6. The van der Waals surface area contributed by atoms with Crippen LogP contribution in [0.25, 0.3) is 11.3 Å². The van der Waals surface area contributed by atoms with Crippen molar-refractivity contribution >= 4 is 17.7 Å². The maximum Gasteiger partial charge on any atom is 0.322 e. The van der Waals surface area contributed by atoms with E-state index in [1.165, 1.54) is 0 Å². The van der Waals surface area contributed by atoms with Crippen LogP contribution in [0.15, 0.2) is 42.6 Å². The molecule has 2 aliphatic rings. The average molecular weight is 351 g/mol. The van der Waals surface area contributed by atoms with Crippen LogP contribution in [0, 0.1) is 12.8 Å². The summed E-state index contributed by atoms with van der Waals surface area (Å²) in [4.78, 5) is 30.2. The highest BCUT2D eigenvalue weighted by atomic mass is 16.4. The number of rotatable bonds is 3. The number of piperidine rings is 1. The highest BCUT2D eigenvalue weighted by Gasteiger charge is 2.51. The second-order valence-electron chi connectivity index (χ2n) is 7.06. The fraction of sp³-hybridized carbons (Fsp3) is 0.350. The van der Waals surface area contributed by atoms with Crippen molar-refractivity contribution < 1.29 is 14.7 Å². The molecule has 2 aliphatic heterocycles. The van der Waals surface area contributed by atoms with Gasteiger partial charge < -0.3 is 15.3 Å². The number of aromatic nitrogens is 1. The van der Waals surface area contributed by atoms with E-state index in [2.05, 4.69) is 10.3 Å². The van der Waals surface area contributed by atoms with Gasteiger partial charge in [-0.3, -0.25) is 9.78 Å². The predicted molar refractivity (Wildman–Crippen MR) is 97.8 cm³/mol. The molecule has 1 aromatic carbocycles. The number of carboxylic acid groups (broad SMARTS) is 1. The quantitative estimate of drug-likeness (QED) is 0.886. The first-order valence-electron chi connectivity index (χ1n) is 8.89. The molecule has 2 saturated heterocycles. The number of nitrogens with one attached hydrogen (secondary N) is 1. The number of hydrogen-bond donors (Lipinski definition) is 2. The first-order valence-corrected chi connectivity index (χ1v) is 8.89. The number of amides is 2. The fourth-order valence-electron chi connectivity index (χ4n) is 4.11. The van der Waals surface area contributed by atoms with Crippen molar-refractivity contribution in [2.75, 3.05) is 5.32 Å². The molecular weight excluding hydrogens is 330 g/mol. The number of anilines is 1. The Kier molecular flexibility index (Phi) is 4.11. The summed E-state index contributed by atoms with van der Waals surface area (Å²) in [6, 6.07) is 11.2. The molecular formula is C20H21N3O3. The van der Waals surface area contributed by atoms with Crippen LogP contribution in [0.3, 0.4) is 0 Å². The molecule has 6 nitrogen and oxygen atoms in total. The molecule has 0 saturated carbocycles. The number of benzene rings is 1. The summed E-state index contributed by atoms with van der Waals surface area (Å²) in [5.41, 5.74) is 3.59. The number of carbonyl (C=O) groups excluding carboxylic acids is 1. The smallest absolute Gasteiger partial charge is 0.322 e. The van der Waals surface area contributed by atoms with E-state index in [1.807, 2.05) is 43.3 Å². The summed E-state index contributed by atoms with van der Waals surface area (Å²) in [6.45, 7) is 2.01. The van der Waals surface area contributed by atoms with Gasteiger partial charge in [-0.15, -0.1) is 0 Å². The van der Waals surface area contributed by atoms with E-state index < -0.39 is 11.9 Å². The summed E-state index contributed by atoms with van der Waals surface area (Å²) in [5.74, 6) is -1.26. The van der Waals surface area contributed by atoms with E-state index in [0.29, 0.717) is 12.1 Å². The van der Waals surface area contributed by atoms with Gasteiger partial charge >= 0.3 is 12.0 Å². The number of fused-ring (bicyclic) bond motifs is 2. The predicted octanol–water partition coefficient (Wildman–Crippen LogP) is 3.53. The number of aliphatic carboxylic acids is 1. The third kappa shape index (κ3) is 2.81. The highest BCUT2D eigenvalue weighted by molar-refractivity contribution is 5.92. The number of pyridine rings is 1. The largest absolute Gasteiger partial charge is 0.481 e. The third-order valence-electron chi connectivity index (χ3n) is 5.52. The third-order valence-corrected chi connectivity index (χ3v) is 5.52. The van der Waals surface area contributed by atoms with Crippen molar-refractivity contribution in [2.24, 2.45) is 5.92 Å². The first-order chi connectivity index (χ1) is 12.5. The molecule has 2 aromatic rings. The molecule has 3 unspecified atom stereocenters. The number of hydrogen-bond acceptors (Lipinski definition) is 3. The summed E-state index contributed by atoms with van der Waals surface area (Å²) in [6.07, 6.45) is 3.95. The van der Waals surface area contributed by atoms with Crippen LogP contribution >= 0.6 is 0 Å². The minimum Gasteiger partial charge on any atom is -0.481 e. The Bertz CT molecular complexity index is 851. The molecule has 0 radical (unpaired) electrons. The molecule has 2 fully saturated rings. The standard InChI is InChI=1S/C20H21N3O3/c1-12-5-6-13(10-16(12)17-4-2-3-9-21-17)22-20(26)23-14-7-8-15(19(24)25)18(23)11-14/h2-6,9-10,14-15,18H,7-8,11H2,1H3,(H,22,26)(H,24,25). The maximum atomic E-state index is 12.7. The zero-order chi connectivity index (χ0) is 18.3. The molecule has 2 bridgehead atoms. The summed E-state index contributed by atoms with van der Waals surface area (Å²) >= 11 is 0. The topological polar surface area (TPSA) is 82.5 Å².